The summed E-state index contributed by atoms with van der Waals surface area (Å²) in [4.78, 5) is 39.5. The first-order valence-electron chi connectivity index (χ1n) is 11.2. The molecule has 4 rings (SSSR count). The number of nitrogens with zero attached hydrogens (tertiary/aromatic N) is 1. The monoisotopic (exact) mass is 564 g/mol. The van der Waals surface area contributed by atoms with E-state index in [1.807, 2.05) is 12.1 Å². The molecular formula is C28H22BrFN2O5. The van der Waals surface area contributed by atoms with Crippen LogP contribution in [0.1, 0.15) is 12.5 Å². The van der Waals surface area contributed by atoms with E-state index in [1.54, 1.807) is 49.4 Å². The van der Waals surface area contributed by atoms with Crippen molar-refractivity contribution in [2.45, 2.75) is 6.92 Å². The minimum Gasteiger partial charge on any atom is -0.484 e. The van der Waals surface area contributed by atoms with Crippen LogP contribution in [0.3, 0.4) is 0 Å². The van der Waals surface area contributed by atoms with Crippen LogP contribution in [-0.4, -0.2) is 31.5 Å². The number of hydrogen-bond donors (Lipinski definition) is 1. The zero-order valence-electron chi connectivity index (χ0n) is 20.0. The number of methoxy groups -OCH3 is 1. The van der Waals surface area contributed by atoms with Gasteiger partial charge in [0.15, 0.2) is 6.61 Å². The quantitative estimate of drug-likeness (QED) is 0.303. The molecule has 1 N–H and O–H groups in total. The Morgan fingerprint density at radius 2 is 1.65 bits per heavy atom. The van der Waals surface area contributed by atoms with Gasteiger partial charge in [-0.25, -0.2) is 9.18 Å². The molecule has 9 heteroatoms. The first kappa shape index (κ1) is 25.8. The molecular weight excluding hydrogens is 543 g/mol. The Morgan fingerprint density at radius 1 is 1.00 bits per heavy atom. The molecule has 0 unspecified atom stereocenters. The van der Waals surface area contributed by atoms with Crippen molar-refractivity contribution in [3.63, 3.8) is 0 Å². The average molecular weight is 565 g/mol. The lowest BCUT2D eigenvalue weighted by Gasteiger charge is -2.18. The summed E-state index contributed by atoms with van der Waals surface area (Å²) in [7, 11) is 1.27. The summed E-state index contributed by atoms with van der Waals surface area (Å²) in [5.74, 6) is -1.31. The SMILES string of the molecule is COC(=O)C1=C(C)N(c2ccc(Br)cc2)C(=O)/C1=C\c1ccc(OCC(=O)Nc2ccc(F)cc2)cc1. The maximum atomic E-state index is 13.4. The summed E-state index contributed by atoms with van der Waals surface area (Å²) in [5.41, 5.74) is 2.60. The molecule has 3 aromatic carbocycles. The van der Waals surface area contributed by atoms with Gasteiger partial charge >= 0.3 is 5.97 Å². The van der Waals surface area contributed by atoms with Crippen molar-refractivity contribution in [2.24, 2.45) is 0 Å². The summed E-state index contributed by atoms with van der Waals surface area (Å²) >= 11 is 3.38. The third-order valence-corrected chi connectivity index (χ3v) is 6.09. The van der Waals surface area contributed by atoms with E-state index in [-0.39, 0.29) is 23.7 Å². The van der Waals surface area contributed by atoms with E-state index in [0.29, 0.717) is 28.4 Å². The highest BCUT2D eigenvalue weighted by Gasteiger charge is 2.37. The minimum atomic E-state index is -0.608. The number of hydrogen-bond acceptors (Lipinski definition) is 5. The minimum absolute atomic E-state index is 0.188. The van der Waals surface area contributed by atoms with Gasteiger partial charge in [0, 0.05) is 21.5 Å². The van der Waals surface area contributed by atoms with Gasteiger partial charge in [0.25, 0.3) is 11.8 Å². The number of halogens is 2. The Hall–Kier alpha value is -4.24. The summed E-state index contributed by atoms with van der Waals surface area (Å²) in [6, 6.07) is 19.3. The van der Waals surface area contributed by atoms with Gasteiger partial charge in [0.05, 0.1) is 18.3 Å². The zero-order valence-corrected chi connectivity index (χ0v) is 21.5. The lowest BCUT2D eigenvalue weighted by molar-refractivity contribution is -0.136. The summed E-state index contributed by atoms with van der Waals surface area (Å²) in [5, 5.41) is 2.62. The fraction of sp³-hybridized carbons (Fsp3) is 0.107. The first-order valence-corrected chi connectivity index (χ1v) is 12.0. The van der Waals surface area contributed by atoms with Crippen molar-refractivity contribution in [2.75, 3.05) is 23.9 Å². The van der Waals surface area contributed by atoms with Crippen molar-refractivity contribution in [1.29, 1.82) is 0 Å². The van der Waals surface area contributed by atoms with E-state index < -0.39 is 17.7 Å². The van der Waals surface area contributed by atoms with Crippen molar-refractivity contribution in [3.05, 3.63) is 105 Å². The third-order valence-electron chi connectivity index (χ3n) is 5.56. The second kappa shape index (κ2) is 11.2. The standard InChI is InChI=1S/C28H22BrFN2O5/c1-17-26(28(35)36-2)24(27(34)32(17)22-11-5-19(29)6-12-22)15-18-3-13-23(14-4-18)37-16-25(33)31-21-9-7-20(30)8-10-21/h3-15H,16H2,1-2H3,(H,31,33)/b24-15-. The number of ether oxygens (including phenoxy) is 2. The van der Waals surface area contributed by atoms with Crippen molar-refractivity contribution >= 4 is 51.2 Å². The maximum absolute atomic E-state index is 13.4. The van der Waals surface area contributed by atoms with Crippen molar-refractivity contribution in [3.8, 4) is 5.75 Å². The van der Waals surface area contributed by atoms with Crippen LogP contribution in [0.15, 0.2) is 94.1 Å². The molecule has 0 atom stereocenters. The van der Waals surface area contributed by atoms with Gasteiger partial charge in [-0.05, 0) is 79.2 Å². The van der Waals surface area contributed by atoms with Crippen molar-refractivity contribution < 1.29 is 28.2 Å². The van der Waals surface area contributed by atoms with Crippen LogP contribution in [0.25, 0.3) is 6.08 Å². The Kier molecular flexibility index (Phi) is 7.83. The Balaban J connectivity index is 1.49. The third kappa shape index (κ3) is 5.95. The topological polar surface area (TPSA) is 84.9 Å². The number of carbonyl (C=O) groups is 3. The number of rotatable bonds is 7. The van der Waals surface area contributed by atoms with Gasteiger partial charge < -0.3 is 14.8 Å². The summed E-state index contributed by atoms with van der Waals surface area (Å²) < 4.78 is 24.3. The second-order valence-electron chi connectivity index (χ2n) is 8.04. The zero-order chi connectivity index (χ0) is 26.5. The van der Waals surface area contributed by atoms with Crippen LogP contribution in [0.2, 0.25) is 0 Å². The Bertz CT molecular complexity index is 1400. The predicted molar refractivity (Wildman–Crippen MR) is 141 cm³/mol. The van der Waals surface area contributed by atoms with Crippen molar-refractivity contribution in [1.82, 2.24) is 0 Å². The second-order valence-corrected chi connectivity index (χ2v) is 8.96. The largest absolute Gasteiger partial charge is 0.484 e. The molecule has 0 spiro atoms. The van der Waals surface area contributed by atoms with Gasteiger partial charge in [-0.1, -0.05) is 28.1 Å². The average Bonchev–Trinajstić information content (AvgIpc) is 3.14. The number of allylic oxidation sites excluding steroid dienone is 1. The molecule has 37 heavy (non-hydrogen) atoms. The van der Waals surface area contributed by atoms with E-state index in [4.69, 9.17) is 9.47 Å². The highest BCUT2D eigenvalue weighted by molar-refractivity contribution is 9.10. The van der Waals surface area contributed by atoms with Gasteiger partial charge in [0.1, 0.15) is 11.6 Å². The molecule has 3 aromatic rings. The van der Waals surface area contributed by atoms with E-state index >= 15 is 0 Å². The fourth-order valence-corrected chi connectivity index (χ4v) is 4.05. The van der Waals surface area contributed by atoms with E-state index in [2.05, 4.69) is 21.2 Å². The molecule has 188 valence electrons. The molecule has 2 amide bonds. The smallest absolute Gasteiger partial charge is 0.340 e. The lowest BCUT2D eigenvalue weighted by atomic mass is 10.0. The van der Waals surface area contributed by atoms with Crippen LogP contribution in [-0.2, 0) is 19.1 Å². The molecule has 0 bridgehead atoms. The Labute approximate surface area is 221 Å². The highest BCUT2D eigenvalue weighted by atomic mass is 79.9. The number of amides is 2. The maximum Gasteiger partial charge on any atom is 0.340 e. The van der Waals surface area contributed by atoms with Crippen LogP contribution in [0.5, 0.6) is 5.75 Å². The molecule has 1 heterocycles. The Morgan fingerprint density at radius 3 is 2.27 bits per heavy atom. The number of carbonyl (C=O) groups excluding carboxylic acids is 3. The lowest BCUT2D eigenvalue weighted by Crippen LogP contribution is -2.24. The fourth-order valence-electron chi connectivity index (χ4n) is 3.79. The van der Waals surface area contributed by atoms with Crippen LogP contribution >= 0.6 is 15.9 Å². The van der Waals surface area contributed by atoms with Gasteiger partial charge in [-0.3, -0.25) is 14.5 Å². The number of anilines is 2. The van der Waals surface area contributed by atoms with Crippen LogP contribution in [0.4, 0.5) is 15.8 Å². The first-order chi connectivity index (χ1) is 17.8. The molecule has 0 aliphatic carbocycles. The predicted octanol–water partition coefficient (Wildman–Crippen LogP) is 5.48. The summed E-state index contributed by atoms with van der Waals surface area (Å²) in [6.07, 6.45) is 1.61. The molecule has 0 radical (unpaired) electrons. The van der Waals surface area contributed by atoms with E-state index in [0.717, 1.165) is 4.47 Å². The molecule has 0 aromatic heterocycles. The van der Waals surface area contributed by atoms with E-state index in [9.17, 15) is 18.8 Å². The number of esters is 1. The van der Waals surface area contributed by atoms with Gasteiger partial charge in [-0.2, -0.15) is 0 Å². The molecule has 7 nitrogen and oxygen atoms in total. The highest BCUT2D eigenvalue weighted by Crippen LogP contribution is 2.36. The normalized spacial score (nSPS) is 14.2. The van der Waals surface area contributed by atoms with Crippen LogP contribution in [0, 0.1) is 5.82 Å². The van der Waals surface area contributed by atoms with E-state index in [1.165, 1.54) is 36.3 Å². The summed E-state index contributed by atoms with van der Waals surface area (Å²) in [6.45, 7) is 1.45. The molecule has 1 aliphatic rings. The molecule has 0 saturated heterocycles. The molecule has 0 fully saturated rings. The van der Waals surface area contributed by atoms with Gasteiger partial charge in [-0.15, -0.1) is 0 Å². The van der Waals surface area contributed by atoms with Crippen LogP contribution < -0.4 is 15.0 Å². The number of benzene rings is 3. The van der Waals surface area contributed by atoms with Gasteiger partial charge in [0.2, 0.25) is 0 Å². The number of nitrogens with one attached hydrogen (secondary N) is 1. The molecule has 1 aliphatic heterocycles. The molecule has 0 saturated carbocycles.